The molecule has 140 valence electrons. The van der Waals surface area contributed by atoms with Gasteiger partial charge in [-0.25, -0.2) is 9.18 Å². The van der Waals surface area contributed by atoms with Gasteiger partial charge in [0.05, 0.1) is 17.9 Å². The SMILES string of the molecule is CCOC(=O)c1ccccc1NC(=O)C1(C(=O)Nc2cccc(F)c2)CC1. The lowest BCUT2D eigenvalue weighted by atomic mass is 10.0. The van der Waals surface area contributed by atoms with Gasteiger partial charge < -0.3 is 15.4 Å². The molecule has 1 aliphatic carbocycles. The Kier molecular flexibility index (Phi) is 5.21. The van der Waals surface area contributed by atoms with Gasteiger partial charge in [-0.05, 0) is 50.1 Å². The first-order valence-electron chi connectivity index (χ1n) is 8.61. The fourth-order valence-electron chi connectivity index (χ4n) is 2.72. The maximum Gasteiger partial charge on any atom is 0.340 e. The zero-order valence-corrected chi connectivity index (χ0v) is 14.8. The summed E-state index contributed by atoms with van der Waals surface area (Å²) < 4.78 is 18.3. The molecule has 0 aromatic heterocycles. The molecule has 0 spiro atoms. The van der Waals surface area contributed by atoms with Gasteiger partial charge in [0, 0.05) is 5.69 Å². The number of esters is 1. The molecule has 0 radical (unpaired) electrons. The number of halogens is 1. The molecule has 0 aliphatic heterocycles. The number of anilines is 2. The second-order valence-electron chi connectivity index (χ2n) is 6.27. The van der Waals surface area contributed by atoms with Gasteiger partial charge in [-0.2, -0.15) is 0 Å². The van der Waals surface area contributed by atoms with Crippen molar-refractivity contribution in [3.8, 4) is 0 Å². The maximum atomic E-state index is 13.3. The molecule has 0 saturated heterocycles. The summed E-state index contributed by atoms with van der Waals surface area (Å²) >= 11 is 0. The van der Waals surface area contributed by atoms with Gasteiger partial charge in [0.2, 0.25) is 11.8 Å². The molecular weight excluding hydrogens is 351 g/mol. The van der Waals surface area contributed by atoms with Crippen LogP contribution in [0.3, 0.4) is 0 Å². The smallest absolute Gasteiger partial charge is 0.340 e. The minimum absolute atomic E-state index is 0.209. The van der Waals surface area contributed by atoms with Crippen molar-refractivity contribution >= 4 is 29.2 Å². The van der Waals surface area contributed by atoms with E-state index in [-0.39, 0.29) is 23.5 Å². The number of carbonyl (C=O) groups excluding carboxylic acids is 3. The van der Waals surface area contributed by atoms with Gasteiger partial charge in [0.1, 0.15) is 11.2 Å². The van der Waals surface area contributed by atoms with E-state index in [0.717, 1.165) is 0 Å². The van der Waals surface area contributed by atoms with Crippen molar-refractivity contribution < 1.29 is 23.5 Å². The third-order valence-corrected chi connectivity index (χ3v) is 4.37. The van der Waals surface area contributed by atoms with Crippen LogP contribution < -0.4 is 10.6 Å². The Bertz CT molecular complexity index is 893. The standard InChI is InChI=1S/C20H19FN2O4/c1-2-27-17(24)15-8-3-4-9-16(15)23-19(26)20(10-11-20)18(25)22-14-7-5-6-13(21)12-14/h3-9,12H,2,10-11H2,1H3,(H,22,25)(H,23,26). The predicted octanol–water partition coefficient (Wildman–Crippen LogP) is 3.36. The van der Waals surface area contributed by atoms with Gasteiger partial charge in [-0.15, -0.1) is 0 Å². The number of amides is 2. The highest BCUT2D eigenvalue weighted by Gasteiger charge is 2.56. The first-order chi connectivity index (χ1) is 13.0. The van der Waals surface area contributed by atoms with Crippen LogP contribution in [0.2, 0.25) is 0 Å². The summed E-state index contributed by atoms with van der Waals surface area (Å²) in [6, 6.07) is 11.9. The second kappa shape index (κ2) is 7.57. The van der Waals surface area contributed by atoms with E-state index in [1.54, 1.807) is 37.3 Å². The number of rotatable bonds is 6. The molecule has 0 atom stereocenters. The molecule has 2 aromatic rings. The molecule has 27 heavy (non-hydrogen) atoms. The van der Waals surface area contributed by atoms with Crippen molar-refractivity contribution in [3.63, 3.8) is 0 Å². The van der Waals surface area contributed by atoms with Crippen LogP contribution in [0.5, 0.6) is 0 Å². The monoisotopic (exact) mass is 370 g/mol. The number of para-hydroxylation sites is 1. The number of nitrogens with one attached hydrogen (secondary N) is 2. The molecule has 0 heterocycles. The molecule has 1 aliphatic rings. The highest BCUT2D eigenvalue weighted by molar-refractivity contribution is 6.17. The molecule has 1 saturated carbocycles. The maximum absolute atomic E-state index is 13.3. The van der Waals surface area contributed by atoms with Gasteiger partial charge >= 0.3 is 5.97 Å². The molecule has 0 unspecified atom stereocenters. The second-order valence-corrected chi connectivity index (χ2v) is 6.27. The lowest BCUT2D eigenvalue weighted by Gasteiger charge is -2.17. The third-order valence-electron chi connectivity index (χ3n) is 4.37. The van der Waals surface area contributed by atoms with Crippen molar-refractivity contribution in [1.82, 2.24) is 0 Å². The van der Waals surface area contributed by atoms with E-state index in [1.807, 2.05) is 0 Å². The van der Waals surface area contributed by atoms with Gasteiger partial charge in [0.25, 0.3) is 0 Å². The Morgan fingerprint density at radius 3 is 2.41 bits per heavy atom. The highest BCUT2D eigenvalue weighted by atomic mass is 19.1. The topological polar surface area (TPSA) is 84.5 Å². The molecule has 2 N–H and O–H groups in total. The molecular formula is C20H19FN2O4. The number of hydrogen-bond acceptors (Lipinski definition) is 4. The lowest BCUT2D eigenvalue weighted by Crippen LogP contribution is -2.36. The third kappa shape index (κ3) is 3.97. The molecule has 1 fully saturated rings. The van der Waals surface area contributed by atoms with E-state index in [9.17, 15) is 18.8 Å². The van der Waals surface area contributed by atoms with Crippen LogP contribution in [-0.2, 0) is 14.3 Å². The molecule has 6 nitrogen and oxygen atoms in total. The Hall–Kier alpha value is -3.22. The Morgan fingerprint density at radius 1 is 1.04 bits per heavy atom. The van der Waals surface area contributed by atoms with E-state index >= 15 is 0 Å². The average Bonchev–Trinajstić information content (AvgIpc) is 3.44. The van der Waals surface area contributed by atoms with Crippen LogP contribution in [0.4, 0.5) is 15.8 Å². The average molecular weight is 370 g/mol. The fourth-order valence-corrected chi connectivity index (χ4v) is 2.72. The zero-order valence-electron chi connectivity index (χ0n) is 14.8. The van der Waals surface area contributed by atoms with Crippen LogP contribution in [0, 0.1) is 11.2 Å². The van der Waals surface area contributed by atoms with Crippen LogP contribution in [0.15, 0.2) is 48.5 Å². The quantitative estimate of drug-likeness (QED) is 0.603. The number of benzene rings is 2. The fraction of sp³-hybridized carbons (Fsp3) is 0.250. The van der Waals surface area contributed by atoms with Gasteiger partial charge in [-0.3, -0.25) is 9.59 Å². The van der Waals surface area contributed by atoms with Crippen LogP contribution in [0.25, 0.3) is 0 Å². The first kappa shape index (κ1) is 18.6. The summed E-state index contributed by atoms with van der Waals surface area (Å²) in [6.07, 6.45) is 0.753. The van der Waals surface area contributed by atoms with Crippen molar-refractivity contribution in [2.45, 2.75) is 19.8 Å². The minimum atomic E-state index is -1.23. The molecule has 3 rings (SSSR count). The predicted molar refractivity (Wildman–Crippen MR) is 97.7 cm³/mol. The largest absolute Gasteiger partial charge is 0.462 e. The first-order valence-corrected chi connectivity index (χ1v) is 8.61. The molecule has 0 bridgehead atoms. The summed E-state index contributed by atoms with van der Waals surface area (Å²) in [5.41, 5.74) is -0.445. The summed E-state index contributed by atoms with van der Waals surface area (Å²) in [5.74, 6) is -2.04. The van der Waals surface area contributed by atoms with Crippen molar-refractivity contribution in [2.75, 3.05) is 17.2 Å². The van der Waals surface area contributed by atoms with Gasteiger partial charge in [0.15, 0.2) is 0 Å². The summed E-state index contributed by atoms with van der Waals surface area (Å²) in [4.78, 5) is 37.3. The normalized spacial score (nSPS) is 14.1. The summed E-state index contributed by atoms with van der Waals surface area (Å²) in [6.45, 7) is 1.90. The van der Waals surface area contributed by atoms with Crippen LogP contribution >= 0.6 is 0 Å². The number of hydrogen-bond donors (Lipinski definition) is 2. The molecule has 2 amide bonds. The number of ether oxygens (including phenoxy) is 1. The van der Waals surface area contributed by atoms with Crippen LogP contribution in [-0.4, -0.2) is 24.4 Å². The van der Waals surface area contributed by atoms with E-state index in [4.69, 9.17) is 4.74 Å². The Labute approximate surface area is 155 Å². The van der Waals surface area contributed by atoms with Crippen molar-refractivity contribution in [1.29, 1.82) is 0 Å². The Balaban J connectivity index is 1.74. The molecule has 2 aromatic carbocycles. The molecule has 7 heteroatoms. The van der Waals surface area contributed by atoms with E-state index in [0.29, 0.717) is 12.8 Å². The summed E-state index contributed by atoms with van der Waals surface area (Å²) in [5, 5.41) is 5.23. The van der Waals surface area contributed by atoms with Crippen LogP contribution in [0.1, 0.15) is 30.1 Å². The van der Waals surface area contributed by atoms with Crippen molar-refractivity contribution in [2.24, 2.45) is 5.41 Å². The minimum Gasteiger partial charge on any atom is -0.462 e. The van der Waals surface area contributed by atoms with Crippen molar-refractivity contribution in [3.05, 3.63) is 59.9 Å². The Morgan fingerprint density at radius 2 is 1.74 bits per heavy atom. The van der Waals surface area contributed by atoms with E-state index in [1.165, 1.54) is 18.2 Å². The highest BCUT2D eigenvalue weighted by Crippen LogP contribution is 2.47. The van der Waals surface area contributed by atoms with Gasteiger partial charge in [-0.1, -0.05) is 18.2 Å². The summed E-state index contributed by atoms with van der Waals surface area (Å²) in [7, 11) is 0. The zero-order chi connectivity index (χ0) is 19.4. The lowest BCUT2D eigenvalue weighted by molar-refractivity contribution is -0.131. The van der Waals surface area contributed by atoms with E-state index in [2.05, 4.69) is 10.6 Å². The van der Waals surface area contributed by atoms with E-state index < -0.39 is 29.0 Å². The number of carbonyl (C=O) groups is 3.